The molecule has 3 N–H and O–H groups in total. The van der Waals surface area contributed by atoms with E-state index in [-0.39, 0.29) is 5.03 Å². The van der Waals surface area contributed by atoms with Crippen molar-refractivity contribution in [1.82, 2.24) is 14.3 Å². The molecule has 0 aromatic carbocycles. The number of unbranched alkanes of at least 4 members (excludes halogenated alkanes) is 2. The molecule has 0 fully saturated rings. The van der Waals surface area contributed by atoms with Gasteiger partial charge in [0.2, 0.25) is 0 Å². The van der Waals surface area contributed by atoms with Crippen LogP contribution in [-0.2, 0) is 10.0 Å². The van der Waals surface area contributed by atoms with Crippen molar-refractivity contribution in [3.63, 3.8) is 0 Å². The van der Waals surface area contributed by atoms with Crippen LogP contribution in [0, 0.1) is 6.92 Å². The summed E-state index contributed by atoms with van der Waals surface area (Å²) < 4.78 is 25.4. The number of nitrogens with one attached hydrogen (secondary N) is 1. The van der Waals surface area contributed by atoms with E-state index in [1.807, 2.05) is 0 Å². The minimum atomic E-state index is -3.42. The molecular weight excluding hydrogens is 240 g/mol. The van der Waals surface area contributed by atoms with Crippen LogP contribution in [0.1, 0.15) is 25.1 Å². The molecule has 1 rings (SSSR count). The van der Waals surface area contributed by atoms with Crippen LogP contribution < -0.4 is 5.73 Å². The van der Waals surface area contributed by atoms with Crippen LogP contribution >= 0.6 is 0 Å². The zero-order valence-corrected chi connectivity index (χ0v) is 11.1. The van der Waals surface area contributed by atoms with Crippen LogP contribution in [0.25, 0.3) is 0 Å². The Kier molecular flexibility index (Phi) is 5.10. The molecular formula is C10H20N4O2S. The van der Waals surface area contributed by atoms with E-state index < -0.39 is 10.0 Å². The van der Waals surface area contributed by atoms with E-state index in [0.717, 1.165) is 19.3 Å². The molecule has 0 radical (unpaired) electrons. The molecule has 17 heavy (non-hydrogen) atoms. The number of aromatic nitrogens is 2. The lowest BCUT2D eigenvalue weighted by Crippen LogP contribution is -2.28. The van der Waals surface area contributed by atoms with Gasteiger partial charge in [0, 0.05) is 13.6 Å². The number of aryl methyl sites for hydroxylation is 1. The van der Waals surface area contributed by atoms with Crippen LogP contribution in [0.5, 0.6) is 0 Å². The SMILES string of the molecule is Cc1ncc(S(=O)(=O)N(C)CCCCCN)[nH]1. The van der Waals surface area contributed by atoms with E-state index >= 15 is 0 Å². The lowest BCUT2D eigenvalue weighted by molar-refractivity contribution is 0.451. The topological polar surface area (TPSA) is 92.1 Å². The Hall–Kier alpha value is -0.920. The number of nitrogens with zero attached hydrogens (tertiary/aromatic N) is 2. The maximum atomic E-state index is 12.0. The number of sulfonamides is 1. The summed E-state index contributed by atoms with van der Waals surface area (Å²) >= 11 is 0. The number of rotatable bonds is 7. The van der Waals surface area contributed by atoms with Gasteiger partial charge in [0.15, 0.2) is 5.03 Å². The number of nitrogens with two attached hydrogens (primary N) is 1. The second-order valence-electron chi connectivity index (χ2n) is 4.01. The van der Waals surface area contributed by atoms with Crippen molar-refractivity contribution >= 4 is 10.0 Å². The van der Waals surface area contributed by atoms with Crippen molar-refractivity contribution in [2.45, 2.75) is 31.2 Å². The summed E-state index contributed by atoms with van der Waals surface area (Å²) in [6.45, 7) is 2.87. The molecule has 1 aromatic heterocycles. The molecule has 98 valence electrons. The molecule has 0 aliphatic heterocycles. The van der Waals surface area contributed by atoms with Gasteiger partial charge in [-0.1, -0.05) is 6.42 Å². The molecule has 1 aromatic rings. The second kappa shape index (κ2) is 6.13. The van der Waals surface area contributed by atoms with Crippen molar-refractivity contribution in [3.05, 3.63) is 12.0 Å². The maximum Gasteiger partial charge on any atom is 0.259 e. The van der Waals surface area contributed by atoms with Crippen molar-refractivity contribution < 1.29 is 8.42 Å². The molecule has 1 heterocycles. The average molecular weight is 260 g/mol. The first-order chi connectivity index (χ1) is 7.98. The first-order valence-corrected chi connectivity index (χ1v) is 7.10. The summed E-state index contributed by atoms with van der Waals surface area (Å²) in [6, 6.07) is 0. The van der Waals surface area contributed by atoms with Crippen LogP contribution in [0.3, 0.4) is 0 Å². The summed E-state index contributed by atoms with van der Waals surface area (Å²) in [4.78, 5) is 6.64. The Morgan fingerprint density at radius 1 is 1.41 bits per heavy atom. The monoisotopic (exact) mass is 260 g/mol. The highest BCUT2D eigenvalue weighted by Crippen LogP contribution is 2.12. The van der Waals surface area contributed by atoms with Gasteiger partial charge in [0.25, 0.3) is 10.0 Å². The van der Waals surface area contributed by atoms with Crippen molar-refractivity contribution in [2.24, 2.45) is 5.73 Å². The number of imidazole rings is 1. The van der Waals surface area contributed by atoms with Gasteiger partial charge < -0.3 is 10.7 Å². The Balaban J connectivity index is 2.58. The van der Waals surface area contributed by atoms with Gasteiger partial charge >= 0.3 is 0 Å². The van der Waals surface area contributed by atoms with Gasteiger partial charge in [-0.25, -0.2) is 13.4 Å². The Morgan fingerprint density at radius 2 is 2.12 bits per heavy atom. The zero-order valence-electron chi connectivity index (χ0n) is 10.3. The summed E-state index contributed by atoms with van der Waals surface area (Å²) in [6.07, 6.45) is 4.04. The highest BCUT2D eigenvalue weighted by molar-refractivity contribution is 7.89. The summed E-state index contributed by atoms with van der Waals surface area (Å²) in [7, 11) is -1.84. The predicted molar refractivity (Wildman–Crippen MR) is 66.0 cm³/mol. The summed E-state index contributed by atoms with van der Waals surface area (Å²) in [5.74, 6) is 0.597. The first kappa shape index (κ1) is 14.1. The van der Waals surface area contributed by atoms with Gasteiger partial charge in [0.05, 0.1) is 6.20 Å². The molecule has 0 spiro atoms. The van der Waals surface area contributed by atoms with E-state index in [2.05, 4.69) is 9.97 Å². The molecule has 0 saturated heterocycles. The van der Waals surface area contributed by atoms with Crippen LogP contribution in [-0.4, -0.2) is 42.8 Å². The second-order valence-corrected chi connectivity index (χ2v) is 6.02. The lowest BCUT2D eigenvalue weighted by Gasteiger charge is -2.15. The fraction of sp³-hybridized carbons (Fsp3) is 0.700. The molecule has 0 atom stereocenters. The number of aromatic amines is 1. The fourth-order valence-corrected chi connectivity index (χ4v) is 2.64. The lowest BCUT2D eigenvalue weighted by atomic mass is 10.2. The van der Waals surface area contributed by atoms with E-state index in [4.69, 9.17) is 5.73 Å². The third-order valence-corrected chi connectivity index (χ3v) is 4.31. The quantitative estimate of drug-likeness (QED) is 0.697. The Morgan fingerprint density at radius 3 is 2.65 bits per heavy atom. The minimum Gasteiger partial charge on any atom is -0.332 e. The van der Waals surface area contributed by atoms with Crippen LogP contribution in [0.2, 0.25) is 0 Å². The zero-order chi connectivity index (χ0) is 12.9. The standard InChI is InChI=1S/C10H20N4O2S/c1-9-12-8-10(13-9)17(15,16)14(2)7-5-3-4-6-11/h8H,3-7,11H2,1-2H3,(H,12,13). The van der Waals surface area contributed by atoms with E-state index in [9.17, 15) is 8.42 Å². The van der Waals surface area contributed by atoms with E-state index in [0.29, 0.717) is 18.9 Å². The summed E-state index contributed by atoms with van der Waals surface area (Å²) in [5, 5.41) is 0.149. The molecule has 6 nitrogen and oxygen atoms in total. The van der Waals surface area contributed by atoms with Gasteiger partial charge in [-0.05, 0) is 26.3 Å². The highest BCUT2D eigenvalue weighted by atomic mass is 32.2. The fourth-order valence-electron chi connectivity index (χ4n) is 1.47. The normalized spacial score (nSPS) is 12.2. The molecule has 0 amide bonds. The minimum absolute atomic E-state index is 0.149. The molecule has 0 aliphatic rings. The first-order valence-electron chi connectivity index (χ1n) is 5.66. The predicted octanol–water partition coefficient (Wildman–Crippen LogP) is 0.468. The Labute approximate surface area is 102 Å². The van der Waals surface area contributed by atoms with Crippen LogP contribution in [0.4, 0.5) is 0 Å². The van der Waals surface area contributed by atoms with Crippen molar-refractivity contribution in [1.29, 1.82) is 0 Å². The number of H-pyrrole nitrogens is 1. The third-order valence-electron chi connectivity index (χ3n) is 2.54. The molecule has 0 saturated carbocycles. The smallest absolute Gasteiger partial charge is 0.259 e. The van der Waals surface area contributed by atoms with Gasteiger partial charge in [-0.2, -0.15) is 4.31 Å². The van der Waals surface area contributed by atoms with E-state index in [1.54, 1.807) is 14.0 Å². The molecule has 0 bridgehead atoms. The number of hydrogen-bond donors (Lipinski definition) is 2. The third kappa shape index (κ3) is 3.79. The summed E-state index contributed by atoms with van der Waals surface area (Å²) in [5.41, 5.74) is 5.38. The van der Waals surface area contributed by atoms with Gasteiger partial charge in [-0.3, -0.25) is 0 Å². The maximum absolute atomic E-state index is 12.0. The molecule has 0 unspecified atom stereocenters. The van der Waals surface area contributed by atoms with Gasteiger partial charge in [0.1, 0.15) is 5.82 Å². The average Bonchev–Trinajstić information content (AvgIpc) is 2.71. The Bertz CT molecular complexity index is 441. The largest absolute Gasteiger partial charge is 0.332 e. The van der Waals surface area contributed by atoms with Crippen molar-refractivity contribution in [3.8, 4) is 0 Å². The van der Waals surface area contributed by atoms with E-state index in [1.165, 1.54) is 10.5 Å². The number of hydrogen-bond acceptors (Lipinski definition) is 4. The highest BCUT2D eigenvalue weighted by Gasteiger charge is 2.21. The van der Waals surface area contributed by atoms with Crippen LogP contribution in [0.15, 0.2) is 11.2 Å². The molecule has 0 aliphatic carbocycles. The van der Waals surface area contributed by atoms with Gasteiger partial charge in [-0.15, -0.1) is 0 Å². The van der Waals surface area contributed by atoms with Crippen molar-refractivity contribution in [2.75, 3.05) is 20.1 Å². The molecule has 7 heteroatoms.